The van der Waals surface area contributed by atoms with Crippen molar-refractivity contribution in [2.75, 3.05) is 5.32 Å². The van der Waals surface area contributed by atoms with Crippen molar-refractivity contribution < 1.29 is 9.59 Å². The largest absolute Gasteiger partial charge is 0.298 e. The van der Waals surface area contributed by atoms with E-state index < -0.39 is 0 Å². The zero-order valence-corrected chi connectivity index (χ0v) is 14.4. The lowest BCUT2D eigenvalue weighted by molar-refractivity contribution is 0.0975. The molecule has 0 unspecified atom stereocenters. The van der Waals surface area contributed by atoms with Gasteiger partial charge in [0.2, 0.25) is 0 Å². The quantitative estimate of drug-likeness (QED) is 0.898. The molecule has 0 bridgehead atoms. The molecule has 1 aromatic heterocycles. The van der Waals surface area contributed by atoms with Crippen molar-refractivity contribution in [1.29, 1.82) is 0 Å². The summed E-state index contributed by atoms with van der Waals surface area (Å²) in [4.78, 5) is 29.3. The van der Waals surface area contributed by atoms with E-state index in [9.17, 15) is 9.59 Å². The van der Waals surface area contributed by atoms with E-state index in [1.54, 1.807) is 0 Å². The van der Waals surface area contributed by atoms with Gasteiger partial charge in [-0.15, -0.1) is 0 Å². The summed E-state index contributed by atoms with van der Waals surface area (Å²) in [6.07, 6.45) is 2.24. The topological polar surface area (TPSA) is 59.1 Å². The van der Waals surface area contributed by atoms with E-state index in [1.165, 1.54) is 16.9 Å². The molecule has 3 rings (SSSR count). The smallest absolute Gasteiger partial charge is 0.257 e. The van der Waals surface area contributed by atoms with Crippen LogP contribution in [-0.4, -0.2) is 16.7 Å². The molecule has 1 amide bonds. The third kappa shape index (κ3) is 3.34. The van der Waals surface area contributed by atoms with Crippen LogP contribution in [0.3, 0.4) is 0 Å². The lowest BCUT2D eigenvalue weighted by Gasteiger charge is -2.18. The first kappa shape index (κ1) is 15.9. The molecule has 0 saturated heterocycles. The van der Waals surface area contributed by atoms with Gasteiger partial charge < -0.3 is 0 Å². The predicted molar refractivity (Wildman–Crippen MR) is 92.5 cm³/mol. The van der Waals surface area contributed by atoms with Crippen LogP contribution >= 0.6 is 11.3 Å². The van der Waals surface area contributed by atoms with E-state index in [1.807, 2.05) is 24.3 Å². The zero-order valence-electron chi connectivity index (χ0n) is 13.6. The fraction of sp³-hybridized carbons (Fsp3) is 0.389. The first-order valence-electron chi connectivity index (χ1n) is 7.79. The van der Waals surface area contributed by atoms with Crippen LogP contribution < -0.4 is 5.32 Å². The zero-order chi connectivity index (χ0) is 16.6. The van der Waals surface area contributed by atoms with Crippen LogP contribution in [0.15, 0.2) is 24.3 Å². The average Bonchev–Trinajstić information content (AvgIpc) is 2.90. The van der Waals surface area contributed by atoms with E-state index in [0.717, 1.165) is 18.5 Å². The molecule has 0 aliphatic heterocycles. The van der Waals surface area contributed by atoms with Gasteiger partial charge in [0.15, 0.2) is 10.9 Å². The fourth-order valence-corrected chi connectivity index (χ4v) is 3.59. The van der Waals surface area contributed by atoms with Crippen molar-refractivity contribution in [2.24, 2.45) is 0 Å². The Hall–Kier alpha value is -2.01. The number of anilines is 1. The summed E-state index contributed by atoms with van der Waals surface area (Å²) in [7, 11) is 0. The molecule has 120 valence electrons. The number of rotatable bonds is 2. The van der Waals surface area contributed by atoms with E-state index in [0.29, 0.717) is 22.0 Å². The molecule has 1 N–H and O–H groups in total. The number of carbonyl (C=O) groups is 2. The maximum Gasteiger partial charge on any atom is 0.257 e. The lowest BCUT2D eigenvalue weighted by atomic mass is 9.87. The molecule has 0 spiro atoms. The van der Waals surface area contributed by atoms with Crippen LogP contribution in [0, 0.1) is 0 Å². The highest BCUT2D eigenvalue weighted by Crippen LogP contribution is 2.30. The Morgan fingerprint density at radius 3 is 2.48 bits per heavy atom. The molecule has 5 heteroatoms. The van der Waals surface area contributed by atoms with E-state index >= 15 is 0 Å². The van der Waals surface area contributed by atoms with Crippen molar-refractivity contribution in [3.63, 3.8) is 0 Å². The van der Waals surface area contributed by atoms with Crippen molar-refractivity contribution in [1.82, 2.24) is 4.98 Å². The normalized spacial score (nSPS) is 14.5. The van der Waals surface area contributed by atoms with Crippen LogP contribution in [0.4, 0.5) is 5.13 Å². The van der Waals surface area contributed by atoms with Crippen LogP contribution in [0.2, 0.25) is 0 Å². The lowest BCUT2D eigenvalue weighted by Crippen LogP contribution is -2.14. The first-order chi connectivity index (χ1) is 10.8. The van der Waals surface area contributed by atoms with E-state index in [-0.39, 0.29) is 17.1 Å². The third-order valence-corrected chi connectivity index (χ3v) is 5.06. The highest BCUT2D eigenvalue weighted by molar-refractivity contribution is 7.17. The highest BCUT2D eigenvalue weighted by atomic mass is 32.1. The SMILES string of the molecule is CC(C)(C)c1ccc(C(=O)Nc2nc3c(s2)C(=O)CCC3)cc1. The molecule has 4 nitrogen and oxygen atoms in total. The molecule has 1 aliphatic rings. The molecule has 23 heavy (non-hydrogen) atoms. The Labute approximate surface area is 140 Å². The first-order valence-corrected chi connectivity index (χ1v) is 8.61. The monoisotopic (exact) mass is 328 g/mol. The van der Waals surface area contributed by atoms with Crippen molar-refractivity contribution in [3.05, 3.63) is 46.0 Å². The minimum atomic E-state index is -0.191. The van der Waals surface area contributed by atoms with Crippen molar-refractivity contribution in [2.45, 2.75) is 45.4 Å². The number of aromatic nitrogens is 1. The van der Waals surface area contributed by atoms with Crippen molar-refractivity contribution in [3.8, 4) is 0 Å². The fourth-order valence-electron chi connectivity index (χ4n) is 2.61. The van der Waals surface area contributed by atoms with Gasteiger partial charge in [0.05, 0.1) is 10.6 Å². The second kappa shape index (κ2) is 5.89. The molecule has 1 heterocycles. The Morgan fingerprint density at radius 2 is 1.87 bits per heavy atom. The van der Waals surface area contributed by atoms with Gasteiger partial charge in [0.25, 0.3) is 5.91 Å². The summed E-state index contributed by atoms with van der Waals surface area (Å²) in [5, 5.41) is 3.32. The highest BCUT2D eigenvalue weighted by Gasteiger charge is 2.23. The van der Waals surface area contributed by atoms with Gasteiger partial charge in [-0.1, -0.05) is 44.2 Å². The number of ketones is 1. The van der Waals surface area contributed by atoms with Gasteiger partial charge in [-0.05, 0) is 36.0 Å². The number of benzene rings is 1. The van der Waals surface area contributed by atoms with Gasteiger partial charge in [0, 0.05) is 12.0 Å². The third-order valence-electron chi connectivity index (χ3n) is 4.00. The van der Waals surface area contributed by atoms with Crippen LogP contribution in [-0.2, 0) is 11.8 Å². The number of thiazole rings is 1. The summed E-state index contributed by atoms with van der Waals surface area (Å²) >= 11 is 1.28. The minimum Gasteiger partial charge on any atom is -0.298 e. The molecule has 1 aromatic carbocycles. The number of aryl methyl sites for hydroxylation is 1. The van der Waals surface area contributed by atoms with Gasteiger partial charge in [-0.25, -0.2) is 4.98 Å². The summed E-state index contributed by atoms with van der Waals surface area (Å²) in [6.45, 7) is 6.41. The van der Waals surface area contributed by atoms with Crippen LogP contribution in [0.5, 0.6) is 0 Å². The average molecular weight is 328 g/mol. The molecule has 0 saturated carbocycles. The van der Waals surface area contributed by atoms with Gasteiger partial charge >= 0.3 is 0 Å². The van der Waals surface area contributed by atoms with Gasteiger partial charge in [-0.2, -0.15) is 0 Å². The van der Waals surface area contributed by atoms with Crippen LogP contribution in [0.1, 0.15) is 64.9 Å². The number of hydrogen-bond acceptors (Lipinski definition) is 4. The summed E-state index contributed by atoms with van der Waals surface area (Å²) in [5.41, 5.74) is 2.66. The maximum atomic E-state index is 12.3. The molecule has 0 fully saturated rings. The Kier molecular flexibility index (Phi) is 4.06. The minimum absolute atomic E-state index is 0.0593. The number of carbonyl (C=O) groups excluding carboxylic acids is 2. The Morgan fingerprint density at radius 1 is 1.17 bits per heavy atom. The standard InChI is InChI=1S/C18H20N2O2S/c1-18(2,3)12-9-7-11(8-10-12)16(22)20-17-19-13-5-4-6-14(21)15(13)23-17/h7-10H,4-6H2,1-3H3,(H,19,20,22). The molecule has 2 aromatic rings. The predicted octanol–water partition coefficient (Wildman–Crippen LogP) is 4.21. The Balaban J connectivity index is 1.76. The second-order valence-corrected chi connectivity index (χ2v) is 7.85. The van der Waals surface area contributed by atoms with Gasteiger partial charge in [0.1, 0.15) is 0 Å². The second-order valence-electron chi connectivity index (χ2n) is 6.85. The number of fused-ring (bicyclic) bond motifs is 1. The molecule has 0 atom stereocenters. The Bertz CT molecular complexity index is 754. The molecular formula is C18H20N2O2S. The summed E-state index contributed by atoms with van der Waals surface area (Å²) in [5.74, 6) is -0.0530. The number of Topliss-reactive ketones (excluding diaryl/α,β-unsaturated/α-hetero) is 1. The number of nitrogens with one attached hydrogen (secondary N) is 1. The summed E-state index contributed by atoms with van der Waals surface area (Å²) in [6, 6.07) is 7.61. The molecule has 0 radical (unpaired) electrons. The maximum absolute atomic E-state index is 12.3. The number of hydrogen-bond donors (Lipinski definition) is 1. The van der Waals surface area contributed by atoms with Gasteiger partial charge in [-0.3, -0.25) is 14.9 Å². The molecule has 1 aliphatic carbocycles. The van der Waals surface area contributed by atoms with Crippen LogP contribution in [0.25, 0.3) is 0 Å². The van der Waals surface area contributed by atoms with Crippen molar-refractivity contribution >= 4 is 28.2 Å². The number of amides is 1. The van der Waals surface area contributed by atoms with E-state index in [4.69, 9.17) is 0 Å². The number of nitrogens with zero attached hydrogens (tertiary/aromatic N) is 1. The molecular weight excluding hydrogens is 308 g/mol. The summed E-state index contributed by atoms with van der Waals surface area (Å²) < 4.78 is 0. The van der Waals surface area contributed by atoms with E-state index in [2.05, 4.69) is 31.1 Å².